The molecule has 158 valence electrons. The Hall–Kier alpha value is -2.97. The van der Waals surface area contributed by atoms with Gasteiger partial charge in [0.05, 0.1) is 4.90 Å². The molecule has 0 unspecified atom stereocenters. The lowest BCUT2D eigenvalue weighted by atomic mass is 10.0. The van der Waals surface area contributed by atoms with E-state index in [0.29, 0.717) is 31.5 Å². The Labute approximate surface area is 176 Å². The van der Waals surface area contributed by atoms with Gasteiger partial charge in [-0.1, -0.05) is 30.3 Å². The number of piperidine rings is 1. The summed E-state index contributed by atoms with van der Waals surface area (Å²) in [6, 6.07) is 15.4. The zero-order chi connectivity index (χ0) is 21.6. The molecule has 0 spiro atoms. The number of benzene rings is 2. The average Bonchev–Trinajstić information content (AvgIpc) is 2.78. The standard InChI is InChI=1S/C22H25N3O4S/c1-23-30(28,29)20-10-7-17(8-11-20)9-12-21(26)25-15-13-19(14-16-25)24-22(27)18-5-3-2-4-6-18/h2-12,19,23H,13-16H2,1H3,(H,24,27). The van der Waals surface area contributed by atoms with Crippen LogP contribution in [0.25, 0.3) is 6.08 Å². The summed E-state index contributed by atoms with van der Waals surface area (Å²) < 4.78 is 25.7. The molecule has 0 bridgehead atoms. The summed E-state index contributed by atoms with van der Waals surface area (Å²) in [5.41, 5.74) is 1.37. The van der Waals surface area contributed by atoms with Crippen molar-refractivity contribution in [2.75, 3.05) is 20.1 Å². The van der Waals surface area contributed by atoms with Crippen LogP contribution in [0, 0.1) is 0 Å². The van der Waals surface area contributed by atoms with E-state index in [-0.39, 0.29) is 22.8 Å². The number of hydrogen-bond acceptors (Lipinski definition) is 4. The lowest BCUT2D eigenvalue weighted by Crippen LogP contribution is -2.46. The van der Waals surface area contributed by atoms with E-state index in [1.165, 1.54) is 25.3 Å². The number of amides is 2. The van der Waals surface area contributed by atoms with Crippen LogP contribution >= 0.6 is 0 Å². The predicted molar refractivity (Wildman–Crippen MR) is 115 cm³/mol. The molecule has 0 aliphatic carbocycles. The van der Waals surface area contributed by atoms with Crippen molar-refractivity contribution in [2.45, 2.75) is 23.8 Å². The van der Waals surface area contributed by atoms with Gasteiger partial charge in [0.15, 0.2) is 0 Å². The highest BCUT2D eigenvalue weighted by molar-refractivity contribution is 7.89. The molecule has 0 radical (unpaired) electrons. The van der Waals surface area contributed by atoms with Crippen LogP contribution in [0.5, 0.6) is 0 Å². The highest BCUT2D eigenvalue weighted by Crippen LogP contribution is 2.14. The third-order valence-corrected chi connectivity index (χ3v) is 6.49. The second-order valence-electron chi connectivity index (χ2n) is 7.05. The van der Waals surface area contributed by atoms with Crippen LogP contribution in [0.15, 0.2) is 65.6 Å². The summed E-state index contributed by atoms with van der Waals surface area (Å²) in [6.45, 7) is 1.14. The maximum Gasteiger partial charge on any atom is 0.251 e. The highest BCUT2D eigenvalue weighted by Gasteiger charge is 2.23. The predicted octanol–water partition coefficient (Wildman–Crippen LogP) is 2.03. The topological polar surface area (TPSA) is 95.6 Å². The fraction of sp³-hybridized carbons (Fsp3) is 0.273. The Morgan fingerprint density at radius 2 is 1.63 bits per heavy atom. The number of carbonyl (C=O) groups is 2. The van der Waals surface area contributed by atoms with Gasteiger partial charge in [-0.3, -0.25) is 9.59 Å². The van der Waals surface area contributed by atoms with Gasteiger partial charge in [-0.15, -0.1) is 0 Å². The molecule has 3 rings (SSSR count). The van der Waals surface area contributed by atoms with E-state index in [2.05, 4.69) is 10.0 Å². The van der Waals surface area contributed by atoms with Crippen molar-refractivity contribution in [3.05, 3.63) is 71.8 Å². The van der Waals surface area contributed by atoms with Gasteiger partial charge in [0, 0.05) is 30.8 Å². The Balaban J connectivity index is 1.50. The van der Waals surface area contributed by atoms with Crippen LogP contribution in [0.1, 0.15) is 28.8 Å². The van der Waals surface area contributed by atoms with Crippen LogP contribution in [-0.2, 0) is 14.8 Å². The molecule has 0 saturated carbocycles. The Morgan fingerprint density at radius 3 is 2.23 bits per heavy atom. The maximum absolute atomic E-state index is 12.4. The number of hydrogen-bond donors (Lipinski definition) is 2. The molecule has 0 atom stereocenters. The Morgan fingerprint density at radius 1 is 1.00 bits per heavy atom. The fourth-order valence-corrected chi connectivity index (χ4v) is 3.98. The van der Waals surface area contributed by atoms with Crippen molar-refractivity contribution in [3.63, 3.8) is 0 Å². The quantitative estimate of drug-likeness (QED) is 0.690. The molecule has 1 heterocycles. The zero-order valence-electron chi connectivity index (χ0n) is 16.7. The molecule has 1 fully saturated rings. The van der Waals surface area contributed by atoms with Crippen molar-refractivity contribution in [1.29, 1.82) is 0 Å². The number of sulfonamides is 1. The highest BCUT2D eigenvalue weighted by atomic mass is 32.2. The first-order valence-corrected chi connectivity index (χ1v) is 11.2. The average molecular weight is 428 g/mol. The van der Waals surface area contributed by atoms with Crippen LogP contribution in [0.2, 0.25) is 0 Å². The summed E-state index contributed by atoms with van der Waals surface area (Å²) in [4.78, 5) is 26.6. The van der Waals surface area contributed by atoms with Gasteiger partial charge < -0.3 is 10.2 Å². The number of rotatable bonds is 6. The number of likely N-dealkylation sites (tertiary alicyclic amines) is 1. The molecule has 0 aromatic heterocycles. The van der Waals surface area contributed by atoms with Crippen molar-refractivity contribution in [1.82, 2.24) is 14.9 Å². The first-order valence-electron chi connectivity index (χ1n) is 9.75. The summed E-state index contributed by atoms with van der Waals surface area (Å²) in [7, 11) is -2.12. The lowest BCUT2D eigenvalue weighted by Gasteiger charge is -2.31. The molecule has 1 aliphatic heterocycles. The molecule has 1 saturated heterocycles. The summed E-state index contributed by atoms with van der Waals surface area (Å²) in [6.07, 6.45) is 4.56. The van der Waals surface area contributed by atoms with Crippen LogP contribution in [0.3, 0.4) is 0 Å². The monoisotopic (exact) mass is 427 g/mol. The Kier molecular flexibility index (Phi) is 7.02. The number of nitrogens with zero attached hydrogens (tertiary/aromatic N) is 1. The van der Waals surface area contributed by atoms with Gasteiger partial charge in [0.2, 0.25) is 15.9 Å². The Bertz CT molecular complexity index is 1010. The lowest BCUT2D eigenvalue weighted by molar-refractivity contribution is -0.127. The van der Waals surface area contributed by atoms with E-state index in [0.717, 1.165) is 5.56 Å². The van der Waals surface area contributed by atoms with E-state index in [9.17, 15) is 18.0 Å². The molecular formula is C22H25N3O4S. The summed E-state index contributed by atoms with van der Waals surface area (Å²) >= 11 is 0. The smallest absolute Gasteiger partial charge is 0.251 e. The van der Waals surface area contributed by atoms with Crippen molar-refractivity contribution in [2.24, 2.45) is 0 Å². The van der Waals surface area contributed by atoms with Crippen LogP contribution in [-0.4, -0.2) is 51.3 Å². The van der Waals surface area contributed by atoms with E-state index < -0.39 is 10.0 Å². The summed E-state index contributed by atoms with van der Waals surface area (Å²) in [5.74, 6) is -0.196. The van der Waals surface area contributed by atoms with Gasteiger partial charge >= 0.3 is 0 Å². The fourth-order valence-electron chi connectivity index (χ4n) is 3.25. The second kappa shape index (κ2) is 9.69. The third-order valence-electron chi connectivity index (χ3n) is 5.06. The van der Waals surface area contributed by atoms with Crippen LogP contribution in [0.4, 0.5) is 0 Å². The van der Waals surface area contributed by atoms with Crippen molar-refractivity contribution in [3.8, 4) is 0 Å². The van der Waals surface area contributed by atoms with E-state index in [1.54, 1.807) is 35.2 Å². The van der Waals surface area contributed by atoms with Crippen molar-refractivity contribution < 1.29 is 18.0 Å². The SMILES string of the molecule is CNS(=O)(=O)c1ccc(C=CC(=O)N2CCC(NC(=O)c3ccccc3)CC2)cc1. The van der Waals surface area contributed by atoms with Gasteiger partial charge in [0.25, 0.3) is 5.91 Å². The first-order chi connectivity index (χ1) is 14.4. The molecule has 30 heavy (non-hydrogen) atoms. The molecule has 8 heteroatoms. The molecule has 2 amide bonds. The van der Waals surface area contributed by atoms with E-state index >= 15 is 0 Å². The van der Waals surface area contributed by atoms with E-state index in [1.807, 2.05) is 18.2 Å². The molecule has 1 aliphatic rings. The minimum Gasteiger partial charge on any atom is -0.349 e. The van der Waals surface area contributed by atoms with Gasteiger partial charge in [0.1, 0.15) is 0 Å². The number of carbonyl (C=O) groups excluding carboxylic acids is 2. The molecular weight excluding hydrogens is 402 g/mol. The van der Waals surface area contributed by atoms with Gasteiger partial charge in [-0.05, 0) is 55.8 Å². The molecule has 2 aromatic carbocycles. The third kappa shape index (κ3) is 5.55. The zero-order valence-corrected chi connectivity index (χ0v) is 17.6. The minimum atomic E-state index is -3.47. The second-order valence-corrected chi connectivity index (χ2v) is 8.94. The minimum absolute atomic E-state index is 0.0485. The van der Waals surface area contributed by atoms with Crippen molar-refractivity contribution >= 4 is 27.9 Å². The first kappa shape index (κ1) is 21.7. The maximum atomic E-state index is 12.4. The van der Waals surface area contributed by atoms with E-state index in [4.69, 9.17) is 0 Å². The molecule has 2 aromatic rings. The normalized spacial score (nSPS) is 15.3. The van der Waals surface area contributed by atoms with Gasteiger partial charge in [-0.25, -0.2) is 13.1 Å². The largest absolute Gasteiger partial charge is 0.349 e. The number of nitrogens with one attached hydrogen (secondary N) is 2. The van der Waals surface area contributed by atoms with Gasteiger partial charge in [-0.2, -0.15) is 0 Å². The molecule has 2 N–H and O–H groups in total. The molecule has 7 nitrogen and oxygen atoms in total. The van der Waals surface area contributed by atoms with Crippen LogP contribution < -0.4 is 10.0 Å². The summed E-state index contributed by atoms with van der Waals surface area (Å²) in [5, 5.41) is 3.03.